The summed E-state index contributed by atoms with van der Waals surface area (Å²) < 4.78 is 34.5. The quantitative estimate of drug-likeness (QED) is 0.574. The summed E-state index contributed by atoms with van der Waals surface area (Å²) in [5.74, 6) is -1.92. The zero-order valence-corrected chi connectivity index (χ0v) is 14.1. The van der Waals surface area contributed by atoms with Gasteiger partial charge in [0.25, 0.3) is 0 Å². The normalized spacial score (nSPS) is 40.8. The smallest absolute Gasteiger partial charge is 0.330 e. The van der Waals surface area contributed by atoms with Crippen LogP contribution < -0.4 is 0 Å². The highest BCUT2D eigenvalue weighted by atomic mass is 16.9. The summed E-state index contributed by atoms with van der Waals surface area (Å²) in [6, 6.07) is 0. The molecule has 3 fully saturated rings. The molecule has 3 saturated heterocycles. The van der Waals surface area contributed by atoms with Crippen LogP contribution in [0, 0.1) is 0 Å². The van der Waals surface area contributed by atoms with E-state index < -0.39 is 29.9 Å². The van der Waals surface area contributed by atoms with E-state index in [9.17, 15) is 4.79 Å². The molecule has 130 valence electrons. The predicted molar refractivity (Wildman–Crippen MR) is 78.3 cm³/mol. The maximum Gasteiger partial charge on any atom is 0.330 e. The summed E-state index contributed by atoms with van der Waals surface area (Å²) in [7, 11) is 0. The van der Waals surface area contributed by atoms with Crippen LogP contribution in [0.15, 0.2) is 12.2 Å². The Morgan fingerprint density at radius 3 is 2.30 bits per heavy atom. The Bertz CT molecular complexity index is 499. The van der Waals surface area contributed by atoms with Gasteiger partial charge in [0.15, 0.2) is 17.9 Å². The second-order valence-corrected chi connectivity index (χ2v) is 6.75. The molecule has 23 heavy (non-hydrogen) atoms. The molecule has 3 aliphatic rings. The zero-order chi connectivity index (χ0) is 16.8. The molecular formula is C16H24O7. The van der Waals surface area contributed by atoms with Gasteiger partial charge in [-0.25, -0.2) is 4.79 Å². The van der Waals surface area contributed by atoms with Crippen molar-refractivity contribution in [1.82, 2.24) is 0 Å². The fourth-order valence-corrected chi connectivity index (χ4v) is 3.16. The molecule has 0 aliphatic carbocycles. The van der Waals surface area contributed by atoms with Crippen LogP contribution in [0.1, 0.15) is 34.6 Å². The van der Waals surface area contributed by atoms with Gasteiger partial charge < -0.3 is 28.4 Å². The molecule has 3 aliphatic heterocycles. The van der Waals surface area contributed by atoms with Crippen LogP contribution in [0.3, 0.4) is 0 Å². The molecule has 0 bridgehead atoms. The van der Waals surface area contributed by atoms with Crippen molar-refractivity contribution in [3.05, 3.63) is 12.2 Å². The number of carbonyl (C=O) groups is 1. The molecule has 7 nitrogen and oxygen atoms in total. The lowest BCUT2D eigenvalue weighted by atomic mass is 9.98. The highest BCUT2D eigenvalue weighted by molar-refractivity contribution is 5.81. The van der Waals surface area contributed by atoms with Gasteiger partial charge in [-0.2, -0.15) is 0 Å². The van der Waals surface area contributed by atoms with Crippen LogP contribution in [-0.4, -0.2) is 54.9 Å². The average Bonchev–Trinajstić information content (AvgIpc) is 2.90. The van der Waals surface area contributed by atoms with Gasteiger partial charge in [0.2, 0.25) is 0 Å². The third-order valence-electron chi connectivity index (χ3n) is 3.90. The number of ether oxygens (including phenoxy) is 6. The molecule has 0 saturated carbocycles. The monoisotopic (exact) mass is 328 g/mol. The van der Waals surface area contributed by atoms with Crippen LogP contribution in [0.4, 0.5) is 0 Å². The molecule has 7 heteroatoms. The molecule has 0 unspecified atom stereocenters. The lowest BCUT2D eigenvalue weighted by molar-refractivity contribution is -0.222. The van der Waals surface area contributed by atoms with Crippen molar-refractivity contribution in [1.29, 1.82) is 0 Å². The van der Waals surface area contributed by atoms with Gasteiger partial charge in [-0.15, -0.1) is 0 Å². The summed E-state index contributed by atoms with van der Waals surface area (Å²) in [6.45, 7) is 9.41. The minimum atomic E-state index is -0.754. The molecule has 0 aromatic carbocycles. The standard InChI is InChI=1S/C16H24O7/c1-6-18-10(17)8-7-9-11-12(21-15(2,3)20-11)13-14(19-9)23-16(4,5)22-13/h7-9,11-14H,6H2,1-5H3/b8-7+/t9-,11+,12+,13-,14-/m1/s1. The van der Waals surface area contributed by atoms with Gasteiger partial charge in [-0.1, -0.05) is 0 Å². The molecule has 3 rings (SSSR count). The molecule has 0 amide bonds. The van der Waals surface area contributed by atoms with E-state index in [1.807, 2.05) is 27.7 Å². The van der Waals surface area contributed by atoms with Crippen molar-refractivity contribution in [3.63, 3.8) is 0 Å². The second kappa shape index (κ2) is 5.82. The highest BCUT2D eigenvalue weighted by Gasteiger charge is 2.60. The molecule has 0 aromatic heterocycles. The predicted octanol–water partition coefficient (Wildman–Crippen LogP) is 1.50. The van der Waals surface area contributed by atoms with Gasteiger partial charge in [0, 0.05) is 6.08 Å². The minimum absolute atomic E-state index is 0.323. The molecule has 0 radical (unpaired) electrons. The van der Waals surface area contributed by atoms with Crippen LogP contribution in [0.2, 0.25) is 0 Å². The first kappa shape index (κ1) is 16.9. The van der Waals surface area contributed by atoms with Gasteiger partial charge in [0.05, 0.1) is 6.61 Å². The van der Waals surface area contributed by atoms with Gasteiger partial charge >= 0.3 is 5.97 Å². The lowest BCUT2D eigenvalue weighted by Crippen LogP contribution is -2.54. The Kier molecular flexibility index (Phi) is 4.27. The summed E-state index contributed by atoms with van der Waals surface area (Å²) in [5.41, 5.74) is 0. The van der Waals surface area contributed by atoms with E-state index in [1.54, 1.807) is 13.0 Å². The Hall–Kier alpha value is -0.990. The Labute approximate surface area is 135 Å². The van der Waals surface area contributed by atoms with Gasteiger partial charge in [0.1, 0.15) is 24.4 Å². The van der Waals surface area contributed by atoms with Gasteiger partial charge in [-0.3, -0.25) is 0 Å². The van der Waals surface area contributed by atoms with Crippen molar-refractivity contribution < 1.29 is 33.2 Å². The van der Waals surface area contributed by atoms with Crippen LogP contribution >= 0.6 is 0 Å². The first-order valence-electron chi connectivity index (χ1n) is 7.92. The third kappa shape index (κ3) is 3.44. The zero-order valence-electron chi connectivity index (χ0n) is 14.1. The SMILES string of the molecule is CCOC(=O)/C=C/[C@H]1O[C@@H]2OC(C)(C)O[C@@H]2[C@H]2OC(C)(C)O[C@H]21. The first-order chi connectivity index (χ1) is 10.7. The van der Waals surface area contributed by atoms with E-state index in [0.29, 0.717) is 6.61 Å². The molecule has 0 N–H and O–H groups in total. The fourth-order valence-electron chi connectivity index (χ4n) is 3.16. The van der Waals surface area contributed by atoms with Crippen molar-refractivity contribution in [3.8, 4) is 0 Å². The Morgan fingerprint density at radius 1 is 1.00 bits per heavy atom. The number of carbonyl (C=O) groups excluding carboxylic acids is 1. The van der Waals surface area contributed by atoms with E-state index in [2.05, 4.69) is 0 Å². The number of esters is 1. The third-order valence-corrected chi connectivity index (χ3v) is 3.90. The van der Waals surface area contributed by atoms with E-state index in [4.69, 9.17) is 28.4 Å². The van der Waals surface area contributed by atoms with Gasteiger partial charge in [-0.05, 0) is 40.7 Å². The average molecular weight is 328 g/mol. The number of hydrogen-bond donors (Lipinski definition) is 0. The van der Waals surface area contributed by atoms with E-state index in [-0.39, 0.29) is 18.3 Å². The number of hydrogen-bond acceptors (Lipinski definition) is 7. The largest absolute Gasteiger partial charge is 0.463 e. The topological polar surface area (TPSA) is 72.5 Å². The van der Waals surface area contributed by atoms with Crippen molar-refractivity contribution >= 4 is 5.97 Å². The molecular weight excluding hydrogens is 304 g/mol. The Balaban J connectivity index is 1.80. The van der Waals surface area contributed by atoms with Crippen molar-refractivity contribution in [2.75, 3.05) is 6.61 Å². The van der Waals surface area contributed by atoms with E-state index in [0.717, 1.165) is 0 Å². The van der Waals surface area contributed by atoms with E-state index in [1.165, 1.54) is 6.08 Å². The van der Waals surface area contributed by atoms with Crippen molar-refractivity contribution in [2.45, 2.75) is 76.9 Å². The molecule has 3 heterocycles. The molecule has 5 atom stereocenters. The number of rotatable bonds is 3. The fraction of sp³-hybridized carbons (Fsp3) is 0.812. The molecule has 0 spiro atoms. The lowest BCUT2D eigenvalue weighted by Gasteiger charge is -2.35. The summed E-state index contributed by atoms with van der Waals surface area (Å²) in [4.78, 5) is 11.5. The highest BCUT2D eigenvalue weighted by Crippen LogP contribution is 2.44. The van der Waals surface area contributed by atoms with Crippen LogP contribution in [0.5, 0.6) is 0 Å². The minimum Gasteiger partial charge on any atom is -0.463 e. The van der Waals surface area contributed by atoms with Crippen molar-refractivity contribution in [2.24, 2.45) is 0 Å². The first-order valence-corrected chi connectivity index (χ1v) is 7.92. The summed E-state index contributed by atoms with van der Waals surface area (Å²) in [6.07, 6.45) is 0.846. The Morgan fingerprint density at radius 2 is 1.61 bits per heavy atom. The second-order valence-electron chi connectivity index (χ2n) is 6.75. The van der Waals surface area contributed by atoms with Crippen LogP contribution in [-0.2, 0) is 33.2 Å². The maximum atomic E-state index is 11.5. The van der Waals surface area contributed by atoms with Crippen LogP contribution in [0.25, 0.3) is 0 Å². The maximum absolute atomic E-state index is 11.5. The summed E-state index contributed by atoms with van der Waals surface area (Å²) >= 11 is 0. The number of fused-ring (bicyclic) bond motifs is 3. The molecule has 0 aromatic rings. The van der Waals surface area contributed by atoms with E-state index >= 15 is 0 Å². The summed E-state index contributed by atoms with van der Waals surface area (Å²) in [5, 5.41) is 0.